The lowest BCUT2D eigenvalue weighted by atomic mass is 10.1. The van der Waals surface area contributed by atoms with Crippen LogP contribution in [0.3, 0.4) is 0 Å². The van der Waals surface area contributed by atoms with Crippen LogP contribution in [0.25, 0.3) is 0 Å². The minimum atomic E-state index is -4.78. The van der Waals surface area contributed by atoms with Crippen molar-refractivity contribution in [3.05, 3.63) is 48.0 Å². The molecule has 13 heteroatoms. The molecule has 0 saturated heterocycles. The highest BCUT2D eigenvalue weighted by Gasteiger charge is 2.45. The summed E-state index contributed by atoms with van der Waals surface area (Å²) >= 11 is 0. The van der Waals surface area contributed by atoms with Gasteiger partial charge in [-0.05, 0) is 54.8 Å². The van der Waals surface area contributed by atoms with Gasteiger partial charge in [0.1, 0.15) is 27.9 Å². The summed E-state index contributed by atoms with van der Waals surface area (Å²) in [5.41, 5.74) is 10.9. The van der Waals surface area contributed by atoms with E-state index in [0.717, 1.165) is 25.0 Å². The Morgan fingerprint density at radius 2 is 1.66 bits per heavy atom. The summed E-state index contributed by atoms with van der Waals surface area (Å²) in [6, 6.07) is 9.11. The first kappa shape index (κ1) is 23.6. The van der Waals surface area contributed by atoms with Crippen molar-refractivity contribution in [1.82, 2.24) is 0 Å². The van der Waals surface area contributed by atoms with Gasteiger partial charge in [0.05, 0.1) is 6.61 Å². The second-order valence-corrected chi connectivity index (χ2v) is 10.4. The fourth-order valence-corrected chi connectivity index (χ4v) is 5.07. The molecular formula is C19H23N3O8S2. The van der Waals surface area contributed by atoms with Gasteiger partial charge in [0.15, 0.2) is 0 Å². The molecule has 5 N–H and O–H groups in total. The molecule has 0 bridgehead atoms. The molecule has 3 rings (SSSR count). The highest BCUT2D eigenvalue weighted by molar-refractivity contribution is 7.89. The molecule has 0 atom stereocenters. The summed E-state index contributed by atoms with van der Waals surface area (Å²) in [5, 5.41) is 3.50. The molecule has 0 radical (unpaired) electrons. The van der Waals surface area contributed by atoms with Gasteiger partial charge in [0, 0.05) is 11.5 Å². The molecular weight excluding hydrogens is 462 g/mol. The predicted molar refractivity (Wildman–Crippen MR) is 114 cm³/mol. The summed E-state index contributed by atoms with van der Waals surface area (Å²) in [6.45, 7) is 2.27. The van der Waals surface area contributed by atoms with Crippen LogP contribution in [0.5, 0.6) is 11.5 Å². The van der Waals surface area contributed by atoms with Crippen molar-refractivity contribution in [3.8, 4) is 11.5 Å². The average molecular weight is 486 g/mol. The van der Waals surface area contributed by atoms with E-state index in [1.165, 1.54) is 24.3 Å². The number of ether oxygens (including phenoxy) is 1. The van der Waals surface area contributed by atoms with Crippen LogP contribution in [0, 0.1) is 12.3 Å². The zero-order chi connectivity index (χ0) is 23.6. The summed E-state index contributed by atoms with van der Waals surface area (Å²) in [7, 11) is -9.34. The molecule has 1 fully saturated rings. The fourth-order valence-electron chi connectivity index (χ4n) is 2.87. The summed E-state index contributed by atoms with van der Waals surface area (Å²) in [6.07, 6.45) is 1.70. The highest BCUT2D eigenvalue weighted by Crippen LogP contribution is 2.46. The van der Waals surface area contributed by atoms with Crippen LogP contribution in [0.1, 0.15) is 18.4 Å². The first-order valence-corrected chi connectivity index (χ1v) is 12.2. The van der Waals surface area contributed by atoms with Gasteiger partial charge in [-0.1, -0.05) is 12.1 Å². The number of hydrogen-bond donors (Lipinski definition) is 3. The van der Waals surface area contributed by atoms with Crippen LogP contribution in [0.4, 0.5) is 0 Å². The zero-order valence-corrected chi connectivity index (χ0v) is 18.7. The molecule has 0 spiro atoms. The van der Waals surface area contributed by atoms with Crippen LogP contribution in [0.15, 0.2) is 57.4 Å². The van der Waals surface area contributed by atoms with Crippen molar-refractivity contribution in [2.45, 2.75) is 29.6 Å². The molecule has 0 amide bonds. The SMILES string of the molecule is Cc1cc(OCC2(CON=C(N)N)CC2)cc(OS(=O)(=O)c2ccccc2S(=O)(=O)O)c1. The van der Waals surface area contributed by atoms with Crippen molar-refractivity contribution in [1.29, 1.82) is 0 Å². The topological polar surface area (TPSA) is 181 Å². The second kappa shape index (κ2) is 8.84. The quantitative estimate of drug-likeness (QED) is 0.146. The number of oxime groups is 1. The Morgan fingerprint density at radius 3 is 2.25 bits per heavy atom. The molecule has 2 aromatic rings. The van der Waals surface area contributed by atoms with E-state index in [9.17, 15) is 21.4 Å². The maximum absolute atomic E-state index is 12.7. The Hall–Kier alpha value is -3.03. The minimum absolute atomic E-state index is 0.0771. The number of benzene rings is 2. The fraction of sp³-hybridized carbons (Fsp3) is 0.316. The Morgan fingerprint density at radius 1 is 1.03 bits per heavy atom. The van der Waals surface area contributed by atoms with Gasteiger partial charge >= 0.3 is 10.1 Å². The van der Waals surface area contributed by atoms with E-state index in [-0.39, 0.29) is 30.3 Å². The van der Waals surface area contributed by atoms with Crippen molar-refractivity contribution < 1.29 is 35.1 Å². The number of guanidine groups is 1. The number of aryl methyl sites for hydroxylation is 1. The lowest BCUT2D eigenvalue weighted by Gasteiger charge is -2.16. The first-order chi connectivity index (χ1) is 14.9. The van der Waals surface area contributed by atoms with Crippen LogP contribution < -0.4 is 20.4 Å². The molecule has 2 aromatic carbocycles. The van der Waals surface area contributed by atoms with E-state index in [0.29, 0.717) is 11.3 Å². The molecule has 1 aliphatic rings. The largest absolute Gasteiger partial charge is 0.493 e. The van der Waals surface area contributed by atoms with E-state index < -0.39 is 30.0 Å². The van der Waals surface area contributed by atoms with E-state index in [1.54, 1.807) is 13.0 Å². The second-order valence-electron chi connectivity index (χ2n) is 7.52. The Kier molecular flexibility index (Phi) is 6.53. The van der Waals surface area contributed by atoms with E-state index in [1.807, 2.05) is 0 Å². The molecule has 0 aromatic heterocycles. The van der Waals surface area contributed by atoms with Crippen LogP contribution in [-0.4, -0.2) is 40.6 Å². The van der Waals surface area contributed by atoms with E-state index in [2.05, 4.69) is 5.16 Å². The molecule has 1 aliphatic carbocycles. The Bertz CT molecular complexity index is 1230. The van der Waals surface area contributed by atoms with Crippen molar-refractivity contribution >= 4 is 26.2 Å². The molecule has 1 saturated carbocycles. The summed E-state index contributed by atoms with van der Waals surface area (Å²) in [5.74, 6) is 0.0945. The van der Waals surface area contributed by atoms with Gasteiger partial charge in [-0.2, -0.15) is 16.8 Å². The van der Waals surface area contributed by atoms with E-state index >= 15 is 0 Å². The molecule has 0 unspecified atom stereocenters. The van der Waals surface area contributed by atoms with Crippen molar-refractivity contribution in [3.63, 3.8) is 0 Å². The molecule has 11 nitrogen and oxygen atoms in total. The standard InChI is InChI=1S/C19H23N3O8S2/c1-13-8-14(28-11-19(6-7-19)12-29-22-18(20)21)10-15(9-13)30-32(26,27)17-5-3-2-4-16(17)31(23,24)25/h2-5,8-10H,6-7,11-12H2,1H3,(H4,20,21,22)(H,23,24,25). The zero-order valence-electron chi connectivity index (χ0n) is 17.1. The Labute approximate surface area is 185 Å². The van der Waals surface area contributed by atoms with Gasteiger partial charge in [-0.3, -0.25) is 4.55 Å². The van der Waals surface area contributed by atoms with E-state index in [4.69, 9.17) is 25.2 Å². The summed E-state index contributed by atoms with van der Waals surface area (Å²) in [4.78, 5) is 3.64. The number of nitrogens with two attached hydrogens (primary N) is 2. The predicted octanol–water partition coefficient (Wildman–Crippen LogP) is 1.37. The first-order valence-electron chi connectivity index (χ1n) is 9.37. The number of hydrogen-bond acceptors (Lipinski definition) is 8. The number of nitrogens with zero attached hydrogens (tertiary/aromatic N) is 1. The van der Waals surface area contributed by atoms with Crippen LogP contribution in [-0.2, 0) is 25.1 Å². The normalized spacial score (nSPS) is 14.9. The number of rotatable bonds is 10. The minimum Gasteiger partial charge on any atom is -0.493 e. The van der Waals surface area contributed by atoms with Crippen molar-refractivity contribution in [2.75, 3.05) is 13.2 Å². The lowest BCUT2D eigenvalue weighted by molar-refractivity contribution is 0.0714. The smallest absolute Gasteiger partial charge is 0.340 e. The monoisotopic (exact) mass is 485 g/mol. The van der Waals surface area contributed by atoms with Crippen molar-refractivity contribution in [2.24, 2.45) is 22.0 Å². The molecule has 174 valence electrons. The molecule has 0 heterocycles. The van der Waals surface area contributed by atoms with Gasteiger partial charge < -0.3 is 25.2 Å². The lowest BCUT2D eigenvalue weighted by Crippen LogP contribution is -2.24. The maximum Gasteiger partial charge on any atom is 0.340 e. The van der Waals surface area contributed by atoms with Gasteiger partial charge in [-0.25, -0.2) is 0 Å². The van der Waals surface area contributed by atoms with Gasteiger partial charge in [0.25, 0.3) is 10.1 Å². The highest BCUT2D eigenvalue weighted by atomic mass is 32.2. The third kappa shape index (κ3) is 6.02. The van der Waals surface area contributed by atoms with Crippen LogP contribution >= 0.6 is 0 Å². The summed E-state index contributed by atoms with van der Waals surface area (Å²) < 4.78 is 68.8. The molecule has 0 aliphatic heterocycles. The van der Waals surface area contributed by atoms with Gasteiger partial charge in [0.2, 0.25) is 5.96 Å². The molecule has 32 heavy (non-hydrogen) atoms. The van der Waals surface area contributed by atoms with Gasteiger partial charge in [-0.15, -0.1) is 0 Å². The maximum atomic E-state index is 12.7. The Balaban J connectivity index is 1.76. The third-order valence-corrected chi connectivity index (χ3v) is 7.02. The average Bonchev–Trinajstić information content (AvgIpc) is 3.45. The third-order valence-electron chi connectivity index (χ3n) is 4.67. The van der Waals surface area contributed by atoms with Crippen LogP contribution in [0.2, 0.25) is 0 Å².